The number of hydrogen-bond acceptors (Lipinski definition) is 3. The molecule has 0 atom stereocenters. The van der Waals surface area contributed by atoms with Gasteiger partial charge in [0.05, 0.1) is 0 Å². The van der Waals surface area contributed by atoms with Gasteiger partial charge < -0.3 is 10.2 Å². The summed E-state index contributed by atoms with van der Waals surface area (Å²) in [7, 11) is 0. The van der Waals surface area contributed by atoms with E-state index >= 15 is 0 Å². The summed E-state index contributed by atoms with van der Waals surface area (Å²) in [6.45, 7) is 11.4. The number of thioether (sulfide) groups is 1. The molecule has 0 unspecified atom stereocenters. The Morgan fingerprint density at radius 3 is 2.65 bits per heavy atom. The Morgan fingerprint density at radius 2 is 1.95 bits per heavy atom. The molecular formula is C17H28N2S. The van der Waals surface area contributed by atoms with Gasteiger partial charge in [-0.15, -0.1) is 0 Å². The van der Waals surface area contributed by atoms with Crippen molar-refractivity contribution in [2.75, 3.05) is 30.3 Å². The largest absolute Gasteiger partial charge is 0.371 e. The lowest BCUT2D eigenvalue weighted by molar-refractivity contribution is 0.637. The van der Waals surface area contributed by atoms with Crippen molar-refractivity contribution in [3.63, 3.8) is 0 Å². The Bertz CT molecular complexity index is 400. The van der Waals surface area contributed by atoms with E-state index in [4.69, 9.17) is 0 Å². The molecule has 0 spiro atoms. The Hall–Kier alpha value is -0.670. The van der Waals surface area contributed by atoms with Crippen LogP contribution in [0.3, 0.4) is 0 Å². The molecule has 1 aliphatic rings. The Morgan fingerprint density at radius 1 is 1.20 bits per heavy atom. The first kappa shape index (κ1) is 15.7. The molecule has 2 rings (SSSR count). The fraction of sp³-hybridized carbons (Fsp3) is 0.647. The van der Waals surface area contributed by atoms with Crippen molar-refractivity contribution in [1.82, 2.24) is 5.32 Å². The lowest BCUT2D eigenvalue weighted by Gasteiger charge is -2.24. The van der Waals surface area contributed by atoms with Crippen LogP contribution in [0.4, 0.5) is 5.69 Å². The smallest absolute Gasteiger partial charge is 0.0366 e. The van der Waals surface area contributed by atoms with Gasteiger partial charge in [0.15, 0.2) is 0 Å². The van der Waals surface area contributed by atoms with Crippen molar-refractivity contribution in [3.05, 3.63) is 29.8 Å². The predicted octanol–water partition coefficient (Wildman–Crippen LogP) is 3.91. The van der Waals surface area contributed by atoms with E-state index in [1.54, 1.807) is 0 Å². The zero-order valence-electron chi connectivity index (χ0n) is 13.1. The highest BCUT2D eigenvalue weighted by Crippen LogP contribution is 2.32. The zero-order chi connectivity index (χ0) is 14.4. The van der Waals surface area contributed by atoms with Crippen LogP contribution in [0, 0.1) is 0 Å². The van der Waals surface area contributed by atoms with Gasteiger partial charge in [-0.2, -0.15) is 11.8 Å². The van der Waals surface area contributed by atoms with Gasteiger partial charge in [0.2, 0.25) is 0 Å². The quantitative estimate of drug-likeness (QED) is 0.828. The van der Waals surface area contributed by atoms with Gasteiger partial charge in [0.1, 0.15) is 0 Å². The molecule has 0 amide bonds. The van der Waals surface area contributed by atoms with E-state index in [1.165, 1.54) is 42.9 Å². The molecule has 3 heteroatoms. The lowest BCUT2D eigenvalue weighted by atomic mass is 10.1. The van der Waals surface area contributed by atoms with Crippen LogP contribution in [0.1, 0.15) is 39.2 Å². The van der Waals surface area contributed by atoms with Gasteiger partial charge in [0.25, 0.3) is 0 Å². The number of rotatable bonds is 5. The fourth-order valence-corrected chi connectivity index (χ4v) is 3.61. The highest BCUT2D eigenvalue weighted by molar-refractivity contribution is 8.00. The molecule has 0 saturated carbocycles. The Labute approximate surface area is 128 Å². The minimum absolute atomic E-state index is 0.429. The Kier molecular flexibility index (Phi) is 5.79. The maximum atomic E-state index is 3.45. The van der Waals surface area contributed by atoms with E-state index < -0.39 is 0 Å². The molecule has 0 bridgehead atoms. The maximum absolute atomic E-state index is 3.45. The number of nitrogens with one attached hydrogen (secondary N) is 1. The van der Waals surface area contributed by atoms with E-state index in [0.29, 0.717) is 4.75 Å². The second-order valence-corrected chi connectivity index (χ2v) is 7.99. The molecule has 0 aromatic heterocycles. The molecule has 20 heavy (non-hydrogen) atoms. The van der Waals surface area contributed by atoms with Crippen molar-refractivity contribution in [3.8, 4) is 0 Å². The lowest BCUT2D eigenvalue weighted by Crippen LogP contribution is -2.26. The van der Waals surface area contributed by atoms with Gasteiger partial charge in [0, 0.05) is 35.8 Å². The summed E-state index contributed by atoms with van der Waals surface area (Å²) in [6, 6.07) is 9.10. The van der Waals surface area contributed by atoms with Crippen LogP contribution in [0.25, 0.3) is 0 Å². The van der Waals surface area contributed by atoms with E-state index in [9.17, 15) is 0 Å². The van der Waals surface area contributed by atoms with Crippen molar-refractivity contribution in [1.29, 1.82) is 0 Å². The number of benzene rings is 1. The van der Waals surface area contributed by atoms with E-state index in [1.807, 2.05) is 0 Å². The standard InChI is InChI=1S/C17H28N2S/c1-4-10-18-14-15-5-7-16(8-6-15)19-11-9-17(2,3)20-13-12-19/h5-8,18H,4,9-14H2,1-3H3. The van der Waals surface area contributed by atoms with Crippen molar-refractivity contribution in [2.24, 2.45) is 0 Å². The second-order valence-electron chi connectivity index (χ2n) is 6.19. The molecule has 2 nitrogen and oxygen atoms in total. The summed E-state index contributed by atoms with van der Waals surface area (Å²) in [5.41, 5.74) is 2.76. The monoisotopic (exact) mass is 292 g/mol. The first-order valence-corrected chi connectivity index (χ1v) is 8.78. The molecule has 1 aliphatic heterocycles. The van der Waals surface area contributed by atoms with Crippen LogP contribution in [0.5, 0.6) is 0 Å². The topological polar surface area (TPSA) is 15.3 Å². The molecule has 0 radical (unpaired) electrons. The van der Waals surface area contributed by atoms with Crippen molar-refractivity contribution in [2.45, 2.75) is 44.9 Å². The van der Waals surface area contributed by atoms with Crippen LogP contribution >= 0.6 is 11.8 Å². The van der Waals surface area contributed by atoms with Crippen LogP contribution in [0.15, 0.2) is 24.3 Å². The molecule has 1 heterocycles. The van der Waals surface area contributed by atoms with Gasteiger partial charge in [-0.25, -0.2) is 0 Å². The summed E-state index contributed by atoms with van der Waals surface area (Å²) in [4.78, 5) is 2.53. The van der Waals surface area contributed by atoms with Crippen molar-refractivity contribution < 1.29 is 0 Å². The van der Waals surface area contributed by atoms with Crippen LogP contribution < -0.4 is 10.2 Å². The van der Waals surface area contributed by atoms with Gasteiger partial charge >= 0.3 is 0 Å². The first-order valence-electron chi connectivity index (χ1n) is 7.79. The zero-order valence-corrected chi connectivity index (χ0v) is 13.9. The highest BCUT2D eigenvalue weighted by atomic mass is 32.2. The summed E-state index contributed by atoms with van der Waals surface area (Å²) < 4.78 is 0.429. The number of nitrogens with zero attached hydrogens (tertiary/aromatic N) is 1. The number of hydrogen-bond donors (Lipinski definition) is 1. The SMILES string of the molecule is CCCNCc1ccc(N2CCSC(C)(C)CC2)cc1. The molecule has 1 aromatic rings. The molecule has 0 aliphatic carbocycles. The van der Waals surface area contributed by atoms with Crippen molar-refractivity contribution >= 4 is 17.4 Å². The van der Waals surface area contributed by atoms with Crippen LogP contribution in [-0.2, 0) is 6.54 Å². The minimum atomic E-state index is 0.429. The van der Waals surface area contributed by atoms with Gasteiger partial charge in [-0.05, 0) is 37.1 Å². The summed E-state index contributed by atoms with van der Waals surface area (Å²) in [5.74, 6) is 1.23. The number of anilines is 1. The van der Waals surface area contributed by atoms with E-state index in [2.05, 4.69) is 67.0 Å². The third-order valence-corrected chi connectivity index (χ3v) is 5.27. The molecule has 112 valence electrons. The summed E-state index contributed by atoms with van der Waals surface area (Å²) in [6.07, 6.45) is 2.46. The summed E-state index contributed by atoms with van der Waals surface area (Å²) >= 11 is 2.10. The molecule has 1 fully saturated rings. The van der Waals surface area contributed by atoms with E-state index in [0.717, 1.165) is 13.1 Å². The normalized spacial score (nSPS) is 18.9. The average molecular weight is 292 g/mol. The fourth-order valence-electron chi connectivity index (χ4n) is 2.51. The first-order chi connectivity index (χ1) is 9.61. The van der Waals surface area contributed by atoms with E-state index in [-0.39, 0.29) is 0 Å². The average Bonchev–Trinajstić information content (AvgIpc) is 2.61. The van der Waals surface area contributed by atoms with Gasteiger partial charge in [-0.3, -0.25) is 0 Å². The molecule has 1 N–H and O–H groups in total. The highest BCUT2D eigenvalue weighted by Gasteiger charge is 2.23. The summed E-state index contributed by atoms with van der Waals surface area (Å²) in [5, 5.41) is 3.45. The predicted molar refractivity (Wildman–Crippen MR) is 91.8 cm³/mol. The molecule has 1 aromatic carbocycles. The third kappa shape index (κ3) is 4.71. The van der Waals surface area contributed by atoms with Gasteiger partial charge in [-0.1, -0.05) is 32.9 Å². The van der Waals surface area contributed by atoms with Crippen LogP contribution in [0.2, 0.25) is 0 Å². The minimum Gasteiger partial charge on any atom is -0.371 e. The van der Waals surface area contributed by atoms with Crippen LogP contribution in [-0.4, -0.2) is 30.1 Å². The third-order valence-electron chi connectivity index (χ3n) is 3.90. The molecule has 1 saturated heterocycles. The maximum Gasteiger partial charge on any atom is 0.0366 e. The second kappa shape index (κ2) is 7.37. The Balaban J connectivity index is 1.92. The molecular weight excluding hydrogens is 264 g/mol.